The molecule has 2 rings (SSSR count). The van der Waals surface area contributed by atoms with Gasteiger partial charge in [0.25, 0.3) is 0 Å². The zero-order valence-electron chi connectivity index (χ0n) is 9.83. The quantitative estimate of drug-likeness (QED) is 0.931. The zero-order chi connectivity index (χ0) is 12.4. The van der Waals surface area contributed by atoms with E-state index in [9.17, 15) is 4.39 Å². The average Bonchev–Trinajstić information content (AvgIpc) is 2.70. The summed E-state index contributed by atoms with van der Waals surface area (Å²) in [4.78, 5) is 0. The molecular weight excluding hydrogens is 285 g/mol. The van der Waals surface area contributed by atoms with Gasteiger partial charge in [-0.1, -0.05) is 15.9 Å². The van der Waals surface area contributed by atoms with Crippen molar-refractivity contribution in [1.29, 1.82) is 0 Å². The van der Waals surface area contributed by atoms with Crippen molar-refractivity contribution in [3.63, 3.8) is 0 Å². The second kappa shape index (κ2) is 5.46. The molecule has 3 unspecified atom stereocenters. The summed E-state index contributed by atoms with van der Waals surface area (Å²) in [5.74, 6) is -0.199. The van der Waals surface area contributed by atoms with Gasteiger partial charge >= 0.3 is 0 Å². The second-order valence-electron chi connectivity index (χ2n) is 4.67. The van der Waals surface area contributed by atoms with Crippen molar-refractivity contribution in [1.82, 2.24) is 0 Å². The number of hydrogen-bond acceptors (Lipinski definition) is 2. The smallest absolute Gasteiger partial charge is 0.126 e. The summed E-state index contributed by atoms with van der Waals surface area (Å²) in [5.41, 5.74) is 6.73. The Bertz CT molecular complexity index is 399. The van der Waals surface area contributed by atoms with Crippen molar-refractivity contribution in [3.05, 3.63) is 34.1 Å². The third-order valence-electron chi connectivity index (χ3n) is 3.21. The fraction of sp³-hybridized carbons (Fsp3) is 0.538. The lowest BCUT2D eigenvalue weighted by atomic mass is 10.00. The molecule has 0 aromatic heterocycles. The Morgan fingerprint density at radius 3 is 2.94 bits per heavy atom. The van der Waals surface area contributed by atoms with Gasteiger partial charge < -0.3 is 10.5 Å². The molecule has 94 valence electrons. The van der Waals surface area contributed by atoms with Crippen molar-refractivity contribution in [2.24, 2.45) is 5.73 Å². The lowest BCUT2D eigenvalue weighted by Crippen LogP contribution is -2.36. The number of benzene rings is 1. The van der Waals surface area contributed by atoms with Crippen molar-refractivity contribution in [2.45, 2.75) is 44.4 Å². The van der Waals surface area contributed by atoms with Gasteiger partial charge in [0.15, 0.2) is 0 Å². The first kappa shape index (κ1) is 13.0. The number of rotatable bonds is 3. The van der Waals surface area contributed by atoms with Gasteiger partial charge in [-0.2, -0.15) is 0 Å². The van der Waals surface area contributed by atoms with Crippen LogP contribution in [0, 0.1) is 5.82 Å². The minimum Gasteiger partial charge on any atom is -0.374 e. The molecule has 0 spiro atoms. The lowest BCUT2D eigenvalue weighted by Gasteiger charge is -2.19. The largest absolute Gasteiger partial charge is 0.374 e. The van der Waals surface area contributed by atoms with Gasteiger partial charge in [-0.15, -0.1) is 0 Å². The Kier molecular flexibility index (Phi) is 4.17. The maximum absolute atomic E-state index is 13.6. The predicted octanol–water partition coefficient (Wildman–Crippen LogP) is 3.03. The molecule has 1 aliphatic rings. The monoisotopic (exact) mass is 301 g/mol. The van der Waals surface area contributed by atoms with Gasteiger partial charge in [0, 0.05) is 10.5 Å². The summed E-state index contributed by atoms with van der Waals surface area (Å²) in [5, 5.41) is 0. The highest BCUT2D eigenvalue weighted by molar-refractivity contribution is 9.10. The van der Waals surface area contributed by atoms with Crippen LogP contribution in [-0.4, -0.2) is 18.2 Å². The van der Waals surface area contributed by atoms with E-state index in [2.05, 4.69) is 15.9 Å². The molecule has 2 N–H and O–H groups in total. The van der Waals surface area contributed by atoms with E-state index in [0.29, 0.717) is 12.0 Å². The molecule has 0 radical (unpaired) electrons. The average molecular weight is 302 g/mol. The van der Waals surface area contributed by atoms with Crippen molar-refractivity contribution < 1.29 is 9.13 Å². The first-order chi connectivity index (χ1) is 8.06. The van der Waals surface area contributed by atoms with Crippen molar-refractivity contribution in [2.75, 3.05) is 0 Å². The first-order valence-corrected chi connectivity index (χ1v) is 6.70. The Balaban J connectivity index is 2.02. The predicted molar refractivity (Wildman–Crippen MR) is 69.3 cm³/mol. The minimum absolute atomic E-state index is 0.0587. The van der Waals surface area contributed by atoms with Crippen LogP contribution in [0.2, 0.25) is 0 Å². The number of ether oxygens (including phenoxy) is 1. The summed E-state index contributed by atoms with van der Waals surface area (Å²) in [6.45, 7) is 2.05. The molecule has 2 nitrogen and oxygen atoms in total. The van der Waals surface area contributed by atoms with Crippen LogP contribution in [0.3, 0.4) is 0 Å². The van der Waals surface area contributed by atoms with E-state index in [1.54, 1.807) is 12.1 Å². The van der Waals surface area contributed by atoms with Crippen LogP contribution in [0.25, 0.3) is 0 Å². The standard InChI is InChI=1S/C13H17BrFNO/c1-8-2-5-13(17-8)12(16)7-9-6-10(14)3-4-11(9)15/h3-4,6,8,12-13H,2,5,7,16H2,1H3. The highest BCUT2D eigenvalue weighted by Gasteiger charge is 2.27. The topological polar surface area (TPSA) is 35.2 Å². The van der Waals surface area contributed by atoms with Crippen LogP contribution in [0.15, 0.2) is 22.7 Å². The molecule has 3 atom stereocenters. The molecule has 0 saturated carbocycles. The summed E-state index contributed by atoms with van der Waals surface area (Å²) in [6.07, 6.45) is 2.86. The van der Waals surface area contributed by atoms with Gasteiger partial charge in [0.1, 0.15) is 5.82 Å². The highest BCUT2D eigenvalue weighted by atomic mass is 79.9. The lowest BCUT2D eigenvalue weighted by molar-refractivity contribution is 0.0403. The molecule has 4 heteroatoms. The third-order valence-corrected chi connectivity index (χ3v) is 3.70. The van der Waals surface area contributed by atoms with Gasteiger partial charge in [-0.25, -0.2) is 4.39 Å². The Hall–Kier alpha value is -0.450. The van der Waals surface area contributed by atoms with Crippen molar-refractivity contribution >= 4 is 15.9 Å². The van der Waals surface area contributed by atoms with E-state index in [1.165, 1.54) is 6.07 Å². The molecule has 1 heterocycles. The Morgan fingerprint density at radius 2 is 2.29 bits per heavy atom. The van der Waals surface area contributed by atoms with Crippen LogP contribution < -0.4 is 5.73 Å². The highest BCUT2D eigenvalue weighted by Crippen LogP contribution is 2.24. The van der Waals surface area contributed by atoms with Crippen LogP contribution in [-0.2, 0) is 11.2 Å². The molecule has 1 aliphatic heterocycles. The van der Waals surface area contributed by atoms with Crippen LogP contribution in [0.1, 0.15) is 25.3 Å². The Labute approximate surface area is 109 Å². The van der Waals surface area contributed by atoms with E-state index in [1.807, 2.05) is 6.92 Å². The molecule has 0 aliphatic carbocycles. The van der Waals surface area contributed by atoms with E-state index < -0.39 is 0 Å². The van der Waals surface area contributed by atoms with E-state index in [-0.39, 0.29) is 24.1 Å². The van der Waals surface area contributed by atoms with Gasteiger partial charge in [0.05, 0.1) is 12.2 Å². The maximum Gasteiger partial charge on any atom is 0.126 e. The van der Waals surface area contributed by atoms with Crippen LogP contribution >= 0.6 is 15.9 Å². The molecule has 1 aromatic rings. The van der Waals surface area contributed by atoms with Crippen LogP contribution in [0.4, 0.5) is 4.39 Å². The number of nitrogens with two attached hydrogens (primary N) is 1. The molecule has 1 aromatic carbocycles. The summed E-state index contributed by atoms with van der Waals surface area (Å²) in [7, 11) is 0. The van der Waals surface area contributed by atoms with Crippen molar-refractivity contribution in [3.8, 4) is 0 Å². The van der Waals surface area contributed by atoms with E-state index in [4.69, 9.17) is 10.5 Å². The molecular formula is C13H17BrFNO. The van der Waals surface area contributed by atoms with Gasteiger partial charge in [-0.3, -0.25) is 0 Å². The zero-order valence-corrected chi connectivity index (χ0v) is 11.4. The molecule has 1 fully saturated rings. The SMILES string of the molecule is CC1CCC(C(N)Cc2cc(Br)ccc2F)O1. The minimum atomic E-state index is -0.199. The molecule has 17 heavy (non-hydrogen) atoms. The summed E-state index contributed by atoms with van der Waals surface area (Å²) >= 11 is 3.34. The second-order valence-corrected chi connectivity index (χ2v) is 5.58. The Morgan fingerprint density at radius 1 is 1.53 bits per heavy atom. The van der Waals surface area contributed by atoms with Gasteiger partial charge in [0.2, 0.25) is 0 Å². The normalized spacial score (nSPS) is 26.1. The maximum atomic E-state index is 13.6. The molecule has 0 bridgehead atoms. The van der Waals surface area contributed by atoms with Crippen LogP contribution in [0.5, 0.6) is 0 Å². The summed E-state index contributed by atoms with van der Waals surface area (Å²) in [6, 6.07) is 4.81. The third kappa shape index (κ3) is 3.27. The fourth-order valence-corrected chi connectivity index (χ4v) is 2.64. The molecule has 1 saturated heterocycles. The van der Waals surface area contributed by atoms with E-state index in [0.717, 1.165) is 17.3 Å². The summed E-state index contributed by atoms with van der Waals surface area (Å²) < 4.78 is 20.2. The fourth-order valence-electron chi connectivity index (χ4n) is 2.23. The number of halogens is 2. The molecule has 0 amide bonds. The van der Waals surface area contributed by atoms with E-state index >= 15 is 0 Å². The number of hydrogen-bond donors (Lipinski definition) is 1. The first-order valence-electron chi connectivity index (χ1n) is 5.91. The van der Waals surface area contributed by atoms with Gasteiger partial charge in [-0.05, 0) is 49.9 Å².